The van der Waals surface area contributed by atoms with E-state index >= 15 is 0 Å². The highest BCUT2D eigenvalue weighted by molar-refractivity contribution is 7.90. The van der Waals surface area contributed by atoms with Crippen molar-refractivity contribution in [3.05, 3.63) is 94.8 Å². The molecule has 0 N–H and O–H groups in total. The first-order chi connectivity index (χ1) is 14.3. The van der Waals surface area contributed by atoms with Gasteiger partial charge in [0.2, 0.25) is 0 Å². The SMILES string of the molecule is Cc1ccc(-c2oc(Cc3ccccc3)nc2-c2ccc(S(C)(=O)=O)cc2)c(Cl)c1. The Bertz CT molecular complexity index is 1290. The number of rotatable bonds is 5. The molecule has 0 atom stereocenters. The number of oxazole rings is 1. The van der Waals surface area contributed by atoms with Gasteiger partial charge in [-0.1, -0.05) is 60.1 Å². The van der Waals surface area contributed by atoms with Gasteiger partial charge < -0.3 is 4.42 Å². The molecule has 0 spiro atoms. The lowest BCUT2D eigenvalue weighted by Gasteiger charge is -2.06. The van der Waals surface area contributed by atoms with Gasteiger partial charge in [0.15, 0.2) is 21.5 Å². The Morgan fingerprint density at radius 1 is 0.967 bits per heavy atom. The lowest BCUT2D eigenvalue weighted by molar-refractivity contribution is 0.519. The second-order valence-corrected chi connectivity index (χ2v) is 9.65. The van der Waals surface area contributed by atoms with Crippen LogP contribution in [0.1, 0.15) is 17.0 Å². The van der Waals surface area contributed by atoms with Crippen molar-refractivity contribution in [2.45, 2.75) is 18.2 Å². The van der Waals surface area contributed by atoms with E-state index < -0.39 is 9.84 Å². The maximum absolute atomic E-state index is 11.8. The van der Waals surface area contributed by atoms with E-state index in [0.717, 1.165) is 22.3 Å². The topological polar surface area (TPSA) is 60.2 Å². The number of hydrogen-bond acceptors (Lipinski definition) is 4. The van der Waals surface area contributed by atoms with Gasteiger partial charge in [-0.15, -0.1) is 0 Å². The molecule has 3 aromatic carbocycles. The fourth-order valence-electron chi connectivity index (χ4n) is 3.25. The number of nitrogens with zero attached hydrogens (tertiary/aromatic N) is 1. The summed E-state index contributed by atoms with van der Waals surface area (Å²) in [5.74, 6) is 1.13. The van der Waals surface area contributed by atoms with Gasteiger partial charge in [-0.2, -0.15) is 0 Å². The molecule has 0 fully saturated rings. The van der Waals surface area contributed by atoms with Crippen LogP contribution in [0.5, 0.6) is 0 Å². The molecule has 0 amide bonds. The summed E-state index contributed by atoms with van der Waals surface area (Å²) in [5, 5.41) is 0.575. The lowest BCUT2D eigenvalue weighted by Crippen LogP contribution is -1.96. The molecule has 6 heteroatoms. The van der Waals surface area contributed by atoms with E-state index in [2.05, 4.69) is 0 Å². The number of benzene rings is 3. The Balaban J connectivity index is 1.83. The highest BCUT2D eigenvalue weighted by Crippen LogP contribution is 2.37. The van der Waals surface area contributed by atoms with Crippen LogP contribution in [0, 0.1) is 6.92 Å². The predicted octanol–water partition coefficient (Wildman–Crippen LogP) is 5.96. The van der Waals surface area contributed by atoms with E-state index in [1.54, 1.807) is 24.3 Å². The summed E-state index contributed by atoms with van der Waals surface area (Å²) >= 11 is 6.51. The van der Waals surface area contributed by atoms with Gasteiger partial charge in [-0.3, -0.25) is 0 Å². The number of aryl methyl sites for hydroxylation is 1. The van der Waals surface area contributed by atoms with Crippen molar-refractivity contribution < 1.29 is 12.8 Å². The molecule has 4 nitrogen and oxygen atoms in total. The van der Waals surface area contributed by atoms with Crippen LogP contribution in [0.4, 0.5) is 0 Å². The molecule has 0 radical (unpaired) electrons. The number of halogens is 1. The molecule has 0 bridgehead atoms. The molecule has 152 valence electrons. The van der Waals surface area contributed by atoms with Crippen LogP contribution in [0.15, 0.2) is 82.1 Å². The van der Waals surface area contributed by atoms with E-state index in [4.69, 9.17) is 21.0 Å². The molecule has 1 heterocycles. The van der Waals surface area contributed by atoms with Crippen LogP contribution in [0.3, 0.4) is 0 Å². The van der Waals surface area contributed by atoms with Gasteiger partial charge in [0, 0.05) is 23.8 Å². The average molecular weight is 438 g/mol. The van der Waals surface area contributed by atoms with E-state index in [1.165, 1.54) is 6.26 Å². The summed E-state index contributed by atoms with van der Waals surface area (Å²) in [5.41, 5.74) is 4.27. The van der Waals surface area contributed by atoms with Gasteiger partial charge in [0.25, 0.3) is 0 Å². The first-order valence-corrected chi connectivity index (χ1v) is 11.7. The van der Waals surface area contributed by atoms with Crippen molar-refractivity contribution in [1.82, 2.24) is 4.98 Å². The monoisotopic (exact) mass is 437 g/mol. The lowest BCUT2D eigenvalue weighted by atomic mass is 10.0. The van der Waals surface area contributed by atoms with Crippen LogP contribution in [-0.2, 0) is 16.3 Å². The van der Waals surface area contributed by atoms with Crippen LogP contribution >= 0.6 is 11.6 Å². The van der Waals surface area contributed by atoms with Gasteiger partial charge in [-0.05, 0) is 42.3 Å². The van der Waals surface area contributed by atoms with Gasteiger partial charge in [-0.25, -0.2) is 13.4 Å². The number of aromatic nitrogens is 1. The first kappa shape index (κ1) is 20.4. The Hall–Kier alpha value is -2.89. The predicted molar refractivity (Wildman–Crippen MR) is 119 cm³/mol. The van der Waals surface area contributed by atoms with Crippen LogP contribution in [0.2, 0.25) is 5.02 Å². The van der Waals surface area contributed by atoms with Crippen LogP contribution in [-0.4, -0.2) is 19.7 Å². The molecule has 30 heavy (non-hydrogen) atoms. The maximum atomic E-state index is 11.8. The summed E-state index contributed by atoms with van der Waals surface area (Å²) in [6.45, 7) is 1.97. The summed E-state index contributed by atoms with van der Waals surface area (Å²) in [6.07, 6.45) is 1.73. The van der Waals surface area contributed by atoms with Crippen molar-refractivity contribution in [2.24, 2.45) is 0 Å². The van der Waals surface area contributed by atoms with Crippen LogP contribution < -0.4 is 0 Å². The minimum atomic E-state index is -3.28. The maximum Gasteiger partial charge on any atom is 0.199 e. The minimum Gasteiger partial charge on any atom is -0.440 e. The molecule has 1 aromatic heterocycles. The first-order valence-electron chi connectivity index (χ1n) is 9.42. The third-order valence-electron chi connectivity index (χ3n) is 4.79. The van der Waals surface area contributed by atoms with Crippen molar-refractivity contribution >= 4 is 21.4 Å². The Labute approximate surface area is 181 Å². The molecule has 0 saturated carbocycles. The number of hydrogen-bond donors (Lipinski definition) is 0. The van der Waals surface area contributed by atoms with Crippen molar-refractivity contribution in [1.29, 1.82) is 0 Å². The van der Waals surface area contributed by atoms with E-state index in [9.17, 15) is 8.42 Å². The molecule has 0 aliphatic carbocycles. The van der Waals surface area contributed by atoms with Gasteiger partial charge >= 0.3 is 0 Å². The molecule has 4 aromatic rings. The third-order valence-corrected chi connectivity index (χ3v) is 6.24. The van der Waals surface area contributed by atoms with Crippen LogP contribution in [0.25, 0.3) is 22.6 Å². The Kier molecular flexibility index (Phi) is 5.50. The van der Waals surface area contributed by atoms with E-state index in [1.807, 2.05) is 55.5 Å². The largest absolute Gasteiger partial charge is 0.440 e. The highest BCUT2D eigenvalue weighted by atomic mass is 35.5. The second-order valence-electron chi connectivity index (χ2n) is 7.23. The van der Waals surface area contributed by atoms with Crippen molar-refractivity contribution in [2.75, 3.05) is 6.26 Å². The van der Waals surface area contributed by atoms with Gasteiger partial charge in [0.05, 0.1) is 9.92 Å². The molecular formula is C24H20ClNO3S. The standard InChI is InChI=1S/C24H20ClNO3S/c1-16-8-13-20(21(25)14-16)24-23(18-9-11-19(12-10-18)30(2,27)28)26-22(29-24)15-17-6-4-3-5-7-17/h3-14H,15H2,1-2H3. The fourth-order valence-corrected chi connectivity index (χ4v) is 4.20. The minimum absolute atomic E-state index is 0.258. The average Bonchev–Trinajstić information content (AvgIpc) is 3.11. The quantitative estimate of drug-likeness (QED) is 0.386. The summed E-state index contributed by atoms with van der Waals surface area (Å²) in [7, 11) is -3.28. The zero-order chi connectivity index (χ0) is 21.3. The Morgan fingerprint density at radius 3 is 2.30 bits per heavy atom. The van der Waals surface area contributed by atoms with Crippen molar-refractivity contribution in [3.63, 3.8) is 0 Å². The molecule has 0 aliphatic heterocycles. The summed E-state index contributed by atoms with van der Waals surface area (Å²) < 4.78 is 29.8. The molecule has 0 aliphatic rings. The molecule has 0 saturated heterocycles. The van der Waals surface area contributed by atoms with Gasteiger partial charge in [0.1, 0.15) is 5.69 Å². The smallest absolute Gasteiger partial charge is 0.199 e. The summed E-state index contributed by atoms with van der Waals surface area (Å²) in [4.78, 5) is 4.99. The molecule has 4 rings (SSSR count). The number of sulfone groups is 1. The third kappa shape index (κ3) is 4.32. The highest BCUT2D eigenvalue weighted by Gasteiger charge is 2.20. The summed E-state index contributed by atoms with van der Waals surface area (Å²) in [6, 6.07) is 22.4. The zero-order valence-electron chi connectivity index (χ0n) is 16.6. The van der Waals surface area contributed by atoms with E-state index in [-0.39, 0.29) is 4.90 Å². The normalized spacial score (nSPS) is 11.6. The molecular weight excluding hydrogens is 418 g/mol. The van der Waals surface area contributed by atoms with Crippen molar-refractivity contribution in [3.8, 4) is 22.6 Å². The Morgan fingerprint density at radius 2 is 1.67 bits per heavy atom. The molecule has 0 unspecified atom stereocenters. The van der Waals surface area contributed by atoms with E-state index in [0.29, 0.717) is 28.8 Å². The zero-order valence-corrected chi connectivity index (χ0v) is 18.2. The fraction of sp³-hybridized carbons (Fsp3) is 0.125. The second kappa shape index (κ2) is 8.09.